The molecule has 1 N–H and O–H groups in total. The first kappa shape index (κ1) is 8.62. The van der Waals surface area contributed by atoms with Crippen LogP contribution in [0.15, 0.2) is 12.4 Å². The highest BCUT2D eigenvalue weighted by atomic mass is 32.2. The van der Waals surface area contributed by atoms with E-state index < -0.39 is 5.97 Å². The van der Waals surface area contributed by atoms with Gasteiger partial charge in [0.1, 0.15) is 12.2 Å². The summed E-state index contributed by atoms with van der Waals surface area (Å²) in [5.41, 5.74) is 0. The van der Waals surface area contributed by atoms with Crippen molar-refractivity contribution in [2.45, 2.75) is 12.5 Å². The van der Waals surface area contributed by atoms with Gasteiger partial charge in [-0.2, -0.15) is 11.8 Å². The van der Waals surface area contributed by atoms with E-state index in [-0.39, 0.29) is 6.42 Å². The number of carboxylic acids is 1. The van der Waals surface area contributed by atoms with Crippen LogP contribution in [0.3, 0.4) is 0 Å². The SMILES string of the molecule is O=C(O)Cc1nccn1C1CSC1. The van der Waals surface area contributed by atoms with E-state index in [2.05, 4.69) is 4.98 Å². The molecule has 0 radical (unpaired) electrons. The molecule has 2 heterocycles. The number of imidazole rings is 1. The lowest BCUT2D eigenvalue weighted by Gasteiger charge is -2.27. The molecule has 0 bridgehead atoms. The zero-order valence-electron chi connectivity index (χ0n) is 7.01. The number of hydrogen-bond acceptors (Lipinski definition) is 3. The maximum Gasteiger partial charge on any atom is 0.311 e. The number of aromatic nitrogens is 2. The zero-order chi connectivity index (χ0) is 9.26. The average molecular weight is 198 g/mol. The fraction of sp³-hybridized carbons (Fsp3) is 0.500. The van der Waals surface area contributed by atoms with Gasteiger partial charge in [-0.05, 0) is 0 Å². The van der Waals surface area contributed by atoms with Gasteiger partial charge in [0.25, 0.3) is 0 Å². The summed E-state index contributed by atoms with van der Waals surface area (Å²) in [5.74, 6) is 1.99. The molecule has 0 spiro atoms. The number of carbonyl (C=O) groups is 1. The molecular formula is C8H10N2O2S. The topological polar surface area (TPSA) is 55.1 Å². The molecule has 0 aliphatic carbocycles. The van der Waals surface area contributed by atoms with E-state index in [1.165, 1.54) is 0 Å². The van der Waals surface area contributed by atoms with E-state index in [9.17, 15) is 4.79 Å². The normalized spacial score (nSPS) is 16.9. The maximum atomic E-state index is 10.5. The first-order chi connectivity index (χ1) is 6.27. The van der Waals surface area contributed by atoms with Gasteiger partial charge in [-0.15, -0.1) is 0 Å². The van der Waals surface area contributed by atoms with Crippen molar-refractivity contribution in [2.75, 3.05) is 11.5 Å². The Morgan fingerprint density at radius 3 is 3.08 bits per heavy atom. The van der Waals surface area contributed by atoms with Crippen LogP contribution in [0, 0.1) is 0 Å². The van der Waals surface area contributed by atoms with Crippen molar-refractivity contribution in [3.8, 4) is 0 Å². The molecular weight excluding hydrogens is 188 g/mol. The highest BCUT2D eigenvalue weighted by Gasteiger charge is 2.22. The van der Waals surface area contributed by atoms with E-state index in [0.717, 1.165) is 11.5 Å². The van der Waals surface area contributed by atoms with Crippen molar-refractivity contribution in [2.24, 2.45) is 0 Å². The summed E-state index contributed by atoms with van der Waals surface area (Å²) in [4.78, 5) is 14.5. The highest BCUT2D eigenvalue weighted by Crippen LogP contribution is 2.29. The van der Waals surface area contributed by atoms with Gasteiger partial charge in [-0.3, -0.25) is 4.79 Å². The predicted molar refractivity (Wildman–Crippen MR) is 49.9 cm³/mol. The Balaban J connectivity index is 2.14. The molecule has 13 heavy (non-hydrogen) atoms. The summed E-state index contributed by atoms with van der Waals surface area (Å²) >= 11 is 1.87. The minimum Gasteiger partial charge on any atom is -0.481 e. The Labute approximate surface area is 80.0 Å². The maximum absolute atomic E-state index is 10.5. The molecule has 70 valence electrons. The quantitative estimate of drug-likeness (QED) is 0.780. The van der Waals surface area contributed by atoms with Gasteiger partial charge >= 0.3 is 5.97 Å². The summed E-state index contributed by atoms with van der Waals surface area (Å²) in [6.45, 7) is 0. The van der Waals surface area contributed by atoms with E-state index >= 15 is 0 Å². The van der Waals surface area contributed by atoms with Gasteiger partial charge < -0.3 is 9.67 Å². The third kappa shape index (κ3) is 1.70. The van der Waals surface area contributed by atoms with Crippen LogP contribution < -0.4 is 0 Å². The second-order valence-corrected chi connectivity index (χ2v) is 4.09. The van der Waals surface area contributed by atoms with E-state index in [0.29, 0.717) is 11.9 Å². The average Bonchev–Trinajstić information content (AvgIpc) is 2.32. The van der Waals surface area contributed by atoms with Gasteiger partial charge in [0.15, 0.2) is 0 Å². The van der Waals surface area contributed by atoms with Crippen LogP contribution in [0.25, 0.3) is 0 Å². The first-order valence-electron chi connectivity index (χ1n) is 4.08. The number of aliphatic carboxylic acids is 1. The van der Waals surface area contributed by atoms with Crippen LogP contribution in [0.1, 0.15) is 11.9 Å². The number of hydrogen-bond donors (Lipinski definition) is 1. The smallest absolute Gasteiger partial charge is 0.311 e. The predicted octanol–water partition coefficient (Wildman–Crippen LogP) is 0.798. The summed E-state index contributed by atoms with van der Waals surface area (Å²) in [7, 11) is 0. The third-order valence-electron chi connectivity index (χ3n) is 2.07. The van der Waals surface area contributed by atoms with Crippen LogP contribution in [-0.4, -0.2) is 32.1 Å². The van der Waals surface area contributed by atoms with Gasteiger partial charge in [0, 0.05) is 23.9 Å². The molecule has 1 saturated heterocycles. The lowest BCUT2D eigenvalue weighted by atomic mass is 10.3. The summed E-state index contributed by atoms with van der Waals surface area (Å²) in [6, 6.07) is 0.460. The molecule has 0 amide bonds. The number of nitrogens with zero attached hydrogens (tertiary/aromatic N) is 2. The van der Waals surface area contributed by atoms with Crippen LogP contribution in [0.4, 0.5) is 0 Å². The minimum absolute atomic E-state index is 0.0220. The molecule has 1 aromatic heterocycles. The Kier molecular flexibility index (Phi) is 2.26. The lowest BCUT2D eigenvalue weighted by Crippen LogP contribution is -2.24. The third-order valence-corrected chi connectivity index (χ3v) is 3.31. The number of rotatable bonds is 3. The second-order valence-electron chi connectivity index (χ2n) is 3.01. The van der Waals surface area contributed by atoms with E-state index in [1.54, 1.807) is 6.20 Å². The molecule has 0 unspecified atom stereocenters. The summed E-state index contributed by atoms with van der Waals surface area (Å²) in [5, 5.41) is 8.62. The van der Waals surface area contributed by atoms with Crippen molar-refractivity contribution >= 4 is 17.7 Å². The van der Waals surface area contributed by atoms with Crippen LogP contribution in [0.5, 0.6) is 0 Å². The number of thioether (sulfide) groups is 1. The Bertz CT molecular complexity index is 320. The molecule has 5 heteroatoms. The minimum atomic E-state index is -0.820. The van der Waals surface area contributed by atoms with Crippen molar-refractivity contribution in [3.05, 3.63) is 18.2 Å². The van der Waals surface area contributed by atoms with Gasteiger partial charge in [-0.25, -0.2) is 4.98 Å². The second kappa shape index (κ2) is 3.41. The van der Waals surface area contributed by atoms with Crippen molar-refractivity contribution < 1.29 is 9.90 Å². The van der Waals surface area contributed by atoms with Crippen molar-refractivity contribution in [1.29, 1.82) is 0 Å². The molecule has 0 aromatic carbocycles. The Morgan fingerprint density at radius 2 is 2.54 bits per heavy atom. The monoisotopic (exact) mass is 198 g/mol. The zero-order valence-corrected chi connectivity index (χ0v) is 7.83. The molecule has 1 aromatic rings. The fourth-order valence-corrected chi connectivity index (χ4v) is 2.10. The van der Waals surface area contributed by atoms with Crippen molar-refractivity contribution in [1.82, 2.24) is 9.55 Å². The van der Waals surface area contributed by atoms with Crippen LogP contribution in [0.2, 0.25) is 0 Å². The standard InChI is InChI=1S/C8H10N2O2S/c11-8(12)3-7-9-1-2-10(7)6-4-13-5-6/h1-2,6H,3-5H2,(H,11,12). The molecule has 0 atom stereocenters. The summed E-state index contributed by atoms with van der Waals surface area (Å²) < 4.78 is 1.98. The molecule has 0 saturated carbocycles. The lowest BCUT2D eigenvalue weighted by molar-refractivity contribution is -0.136. The molecule has 2 rings (SSSR count). The Hall–Kier alpha value is -0.970. The van der Waals surface area contributed by atoms with Crippen LogP contribution in [-0.2, 0) is 11.2 Å². The largest absolute Gasteiger partial charge is 0.481 e. The Morgan fingerprint density at radius 1 is 1.77 bits per heavy atom. The van der Waals surface area contributed by atoms with Gasteiger partial charge in [-0.1, -0.05) is 0 Å². The van der Waals surface area contributed by atoms with Gasteiger partial charge in [0.2, 0.25) is 0 Å². The van der Waals surface area contributed by atoms with Gasteiger partial charge in [0.05, 0.1) is 6.04 Å². The fourth-order valence-electron chi connectivity index (χ4n) is 1.33. The molecule has 4 nitrogen and oxygen atoms in total. The van der Waals surface area contributed by atoms with E-state index in [4.69, 9.17) is 5.11 Å². The summed E-state index contributed by atoms with van der Waals surface area (Å²) in [6.07, 6.45) is 3.55. The van der Waals surface area contributed by atoms with E-state index in [1.807, 2.05) is 22.5 Å². The molecule has 1 aliphatic heterocycles. The first-order valence-corrected chi connectivity index (χ1v) is 5.24. The molecule has 1 aliphatic rings. The van der Waals surface area contributed by atoms with Crippen molar-refractivity contribution in [3.63, 3.8) is 0 Å². The molecule has 1 fully saturated rings. The number of carboxylic acid groups (broad SMARTS) is 1. The van der Waals surface area contributed by atoms with Crippen LogP contribution >= 0.6 is 11.8 Å². The highest BCUT2D eigenvalue weighted by molar-refractivity contribution is 8.00.